The topological polar surface area (TPSA) is 93.4 Å². The van der Waals surface area contributed by atoms with Crippen molar-refractivity contribution < 1.29 is 14.9 Å². The number of nitrogens with one attached hydrogen (secondary N) is 1. The van der Waals surface area contributed by atoms with Crippen molar-refractivity contribution in [3.8, 4) is 11.1 Å². The molecule has 1 saturated carbocycles. The first-order valence-electron chi connectivity index (χ1n) is 9.66. The summed E-state index contributed by atoms with van der Waals surface area (Å²) in [5.41, 5.74) is 11.6. The van der Waals surface area contributed by atoms with Crippen LogP contribution in [0.5, 0.6) is 0 Å². The van der Waals surface area contributed by atoms with Crippen molar-refractivity contribution in [2.24, 2.45) is 11.0 Å². The van der Waals surface area contributed by atoms with Gasteiger partial charge in [-0.15, -0.1) is 0 Å². The number of hydrogen-bond donors (Lipinski definition) is 2. The number of halogens is 1. The first kappa shape index (κ1) is 19.5. The fourth-order valence-corrected chi connectivity index (χ4v) is 3.84. The van der Waals surface area contributed by atoms with E-state index < -0.39 is 0 Å². The maximum absolute atomic E-state index is 12.0. The second kappa shape index (κ2) is 7.93. The van der Waals surface area contributed by atoms with E-state index in [1.165, 1.54) is 24.8 Å². The van der Waals surface area contributed by atoms with Crippen molar-refractivity contribution in [2.45, 2.75) is 19.4 Å². The number of benzene rings is 2. The zero-order valence-corrected chi connectivity index (χ0v) is 16.9. The summed E-state index contributed by atoms with van der Waals surface area (Å²) in [6.07, 6.45) is 2.55. The lowest BCUT2D eigenvalue weighted by atomic mass is 10.0. The van der Waals surface area contributed by atoms with Gasteiger partial charge in [-0.2, -0.15) is 5.11 Å². The van der Waals surface area contributed by atoms with Crippen molar-refractivity contribution in [1.82, 2.24) is 9.80 Å². The quantitative estimate of drug-likeness (QED) is 0.412. The summed E-state index contributed by atoms with van der Waals surface area (Å²) in [6, 6.07) is 11.4. The highest BCUT2D eigenvalue weighted by Crippen LogP contribution is 2.39. The highest BCUT2D eigenvalue weighted by atomic mass is 35.5. The van der Waals surface area contributed by atoms with Crippen LogP contribution in [0.3, 0.4) is 0 Å². The number of hydrogen-bond acceptors (Lipinski definition) is 4. The largest absolute Gasteiger partial charge is 0.327 e. The zero-order valence-electron chi connectivity index (χ0n) is 16.2. The predicted octanol–water partition coefficient (Wildman–Crippen LogP) is 3.67. The number of rotatable bonds is 7. The first-order valence-corrected chi connectivity index (χ1v) is 10.0. The summed E-state index contributed by atoms with van der Waals surface area (Å²) in [4.78, 5) is 26.4. The monoisotopic (exact) mass is 412 g/mol. The first-order chi connectivity index (χ1) is 14.0. The zero-order chi connectivity index (χ0) is 20.5. The molecule has 150 valence electrons. The van der Waals surface area contributed by atoms with Gasteiger partial charge in [0.15, 0.2) is 11.4 Å². The van der Waals surface area contributed by atoms with Crippen LogP contribution in [0.25, 0.3) is 11.1 Å². The van der Waals surface area contributed by atoms with Crippen molar-refractivity contribution in [3.05, 3.63) is 47.0 Å². The molecular weight excluding hydrogens is 390 g/mol. The number of imide groups is 1. The summed E-state index contributed by atoms with van der Waals surface area (Å²) in [5.74, 6) is 0.570. The molecule has 0 unspecified atom stereocenters. The van der Waals surface area contributed by atoms with Gasteiger partial charge in [-0.3, -0.25) is 9.69 Å². The van der Waals surface area contributed by atoms with E-state index in [1.807, 2.05) is 36.4 Å². The van der Waals surface area contributed by atoms with E-state index in [2.05, 4.69) is 10.4 Å². The molecule has 0 bridgehead atoms. The van der Waals surface area contributed by atoms with Crippen molar-refractivity contribution in [2.75, 3.05) is 20.1 Å². The van der Waals surface area contributed by atoms with Gasteiger partial charge in [-0.05, 0) is 30.0 Å². The van der Waals surface area contributed by atoms with E-state index in [0.29, 0.717) is 17.3 Å². The molecule has 0 spiro atoms. The summed E-state index contributed by atoms with van der Waals surface area (Å²) in [7, 11) is 1.50. The Kier molecular flexibility index (Phi) is 5.34. The highest BCUT2D eigenvalue weighted by molar-refractivity contribution is 6.36. The van der Waals surface area contributed by atoms with Crippen LogP contribution < -0.4 is 5.32 Å². The van der Waals surface area contributed by atoms with E-state index in [4.69, 9.17) is 17.1 Å². The summed E-state index contributed by atoms with van der Waals surface area (Å²) >= 11 is 6.58. The number of amides is 3. The maximum atomic E-state index is 12.0. The number of nitrogens with zero attached hydrogens (tertiary/aromatic N) is 3. The molecule has 1 aliphatic heterocycles. The van der Waals surface area contributed by atoms with E-state index in [0.717, 1.165) is 39.7 Å². The minimum Gasteiger partial charge on any atom is -0.312 e. The number of nitrogens with two attached hydrogens (primary N) is 1. The van der Waals surface area contributed by atoms with Gasteiger partial charge in [0.2, 0.25) is 5.91 Å². The summed E-state index contributed by atoms with van der Waals surface area (Å²) < 4.78 is 0. The van der Waals surface area contributed by atoms with E-state index in [-0.39, 0.29) is 18.5 Å². The third-order valence-electron chi connectivity index (χ3n) is 5.52. The molecule has 1 saturated heterocycles. The highest BCUT2D eigenvalue weighted by Gasteiger charge is 2.32. The Balaban J connectivity index is 1.51. The number of likely N-dealkylation sites (N-methyl/N-ethyl adjacent to an activating group) is 1. The van der Waals surface area contributed by atoms with Crippen molar-refractivity contribution in [3.63, 3.8) is 0 Å². The van der Waals surface area contributed by atoms with Crippen LogP contribution in [-0.2, 0) is 11.3 Å². The smallest absolute Gasteiger partial charge is 0.312 e. The third-order valence-corrected chi connectivity index (χ3v) is 5.91. The minimum absolute atomic E-state index is 0.107. The lowest BCUT2D eigenvalue weighted by molar-refractivity contribution is -0.574. The van der Waals surface area contributed by atoms with E-state index in [1.54, 1.807) is 0 Å². The van der Waals surface area contributed by atoms with Gasteiger partial charge in [-0.25, -0.2) is 10.3 Å². The molecule has 2 aliphatic rings. The van der Waals surface area contributed by atoms with Crippen LogP contribution in [0.15, 0.2) is 41.5 Å². The maximum Gasteiger partial charge on any atom is 0.327 e. The predicted molar refractivity (Wildman–Crippen MR) is 109 cm³/mol. The molecule has 2 fully saturated rings. The second-order valence-corrected chi connectivity index (χ2v) is 8.03. The molecule has 2 aromatic carbocycles. The van der Waals surface area contributed by atoms with Crippen LogP contribution >= 0.6 is 11.6 Å². The Labute approximate surface area is 174 Å². The van der Waals surface area contributed by atoms with Crippen LogP contribution in [-0.4, -0.2) is 41.9 Å². The summed E-state index contributed by atoms with van der Waals surface area (Å²) in [5, 5.41) is 6.26. The van der Waals surface area contributed by atoms with Crippen molar-refractivity contribution >= 4 is 34.9 Å². The fraction of sp³-hybridized carbons (Fsp3) is 0.333. The Morgan fingerprint density at radius 3 is 2.48 bits per heavy atom. The average Bonchev–Trinajstić information content (AvgIpc) is 3.52. The van der Waals surface area contributed by atoms with Crippen LogP contribution in [0.4, 0.5) is 16.2 Å². The molecule has 7 nitrogen and oxygen atoms in total. The molecule has 3 N–H and O–H groups in total. The molecule has 0 radical (unpaired) electrons. The molecule has 0 atom stereocenters. The average molecular weight is 413 g/mol. The Morgan fingerprint density at radius 1 is 1.17 bits per heavy atom. The molecular formula is C21H23ClN5O2+. The molecule has 4 rings (SSSR count). The normalized spacial score (nSPS) is 16.6. The number of carbonyl (C=O) groups is 2. The Bertz CT molecular complexity index is 972. The Hall–Kier alpha value is -2.77. The standard InChI is InChI=1S/C21H22ClN5O2/c1-26-18(28)12-27(21(26)29)11-14-4-6-15(7-5-14)16-8-9-17(20(25-23)19(16)22)24-10-13-2-3-13/h4-9,13,23-24H,2-3,10-12H2,1H3/p+1. The third kappa shape index (κ3) is 4.02. The Morgan fingerprint density at radius 2 is 1.90 bits per heavy atom. The van der Waals surface area contributed by atoms with Gasteiger partial charge in [0.05, 0.1) is 11.6 Å². The van der Waals surface area contributed by atoms with Gasteiger partial charge in [0.1, 0.15) is 6.54 Å². The van der Waals surface area contributed by atoms with Gasteiger partial charge in [0.25, 0.3) is 0 Å². The van der Waals surface area contributed by atoms with Crippen LogP contribution in [0.2, 0.25) is 5.02 Å². The van der Waals surface area contributed by atoms with Crippen molar-refractivity contribution in [1.29, 1.82) is 5.53 Å². The fourth-order valence-electron chi connectivity index (χ4n) is 3.52. The van der Waals surface area contributed by atoms with Gasteiger partial charge in [0, 0.05) is 31.1 Å². The molecule has 2 aromatic rings. The lowest BCUT2D eigenvalue weighted by Crippen LogP contribution is -2.78. The molecule has 3 amide bonds. The lowest BCUT2D eigenvalue weighted by Gasteiger charge is -2.15. The van der Waals surface area contributed by atoms with Crippen LogP contribution in [0.1, 0.15) is 18.4 Å². The van der Waals surface area contributed by atoms with E-state index in [9.17, 15) is 9.59 Å². The molecule has 8 heteroatoms. The van der Waals surface area contributed by atoms with Gasteiger partial charge in [-0.1, -0.05) is 35.9 Å². The second-order valence-electron chi connectivity index (χ2n) is 7.65. The van der Waals surface area contributed by atoms with E-state index >= 15 is 0 Å². The van der Waals surface area contributed by atoms with Gasteiger partial charge >= 0.3 is 6.03 Å². The van der Waals surface area contributed by atoms with Crippen LogP contribution in [0, 0.1) is 11.4 Å². The molecule has 0 aromatic heterocycles. The number of urea groups is 1. The van der Waals surface area contributed by atoms with Gasteiger partial charge < -0.3 is 10.2 Å². The molecule has 1 heterocycles. The minimum atomic E-state index is -0.276. The SMILES string of the molecule is CN1C(=O)CN(Cc2ccc(-c3ccc([NH2+]CC4CC4)c(N=N)c3Cl)cc2)C1=O. The number of quaternary nitrogens is 1. The molecule has 1 aliphatic carbocycles. The number of carbonyl (C=O) groups excluding carboxylic acids is 2. The molecule has 29 heavy (non-hydrogen) atoms. The summed E-state index contributed by atoms with van der Waals surface area (Å²) in [6.45, 7) is 1.49.